The van der Waals surface area contributed by atoms with Gasteiger partial charge < -0.3 is 24.8 Å². The lowest BCUT2D eigenvalue weighted by atomic mass is 10.1. The number of carbonyl (C=O) groups excluding carboxylic acids is 2. The van der Waals surface area contributed by atoms with Gasteiger partial charge in [-0.15, -0.1) is 0 Å². The molecule has 0 spiro atoms. The quantitative estimate of drug-likeness (QED) is 0.594. The number of aliphatic hydroxyl groups excluding tert-OH is 1. The van der Waals surface area contributed by atoms with E-state index in [1.54, 1.807) is 20.3 Å². The van der Waals surface area contributed by atoms with Gasteiger partial charge in [0.1, 0.15) is 0 Å². The summed E-state index contributed by atoms with van der Waals surface area (Å²) in [6.45, 7) is 2.25. The van der Waals surface area contributed by atoms with Gasteiger partial charge in [0.05, 0.1) is 25.7 Å². The molecule has 0 saturated carbocycles. The molecule has 3 rings (SSSR count). The number of benzene rings is 1. The van der Waals surface area contributed by atoms with E-state index in [-0.39, 0.29) is 17.9 Å². The average Bonchev–Trinajstić information content (AvgIpc) is 3.25. The van der Waals surface area contributed by atoms with Crippen LogP contribution in [-0.2, 0) is 4.79 Å². The highest BCUT2D eigenvalue weighted by Gasteiger charge is 2.28. The normalized spacial score (nSPS) is 21.1. The summed E-state index contributed by atoms with van der Waals surface area (Å²) in [5.41, 5.74) is 1.68. The van der Waals surface area contributed by atoms with Crippen molar-refractivity contribution in [3.05, 3.63) is 22.6 Å². The number of aliphatic hydroxyl groups is 1. The Balaban J connectivity index is 1.95. The molecule has 0 aliphatic carbocycles. The number of rotatable bonds is 7. The average molecular weight is 393 g/mol. The molecule has 0 aromatic heterocycles. The molecule has 2 fully saturated rings. The Bertz CT molecular complexity index is 768. The third-order valence-corrected chi connectivity index (χ3v) is 5.35. The van der Waals surface area contributed by atoms with Crippen LogP contribution in [0.5, 0.6) is 11.5 Å². The lowest BCUT2D eigenvalue weighted by molar-refractivity contribution is -0.115. The van der Waals surface area contributed by atoms with Crippen LogP contribution in [0.15, 0.2) is 17.0 Å². The van der Waals surface area contributed by atoms with Crippen LogP contribution in [0, 0.1) is 0 Å². The van der Waals surface area contributed by atoms with Crippen molar-refractivity contribution in [3.63, 3.8) is 0 Å². The Morgan fingerprint density at radius 3 is 2.70 bits per heavy atom. The van der Waals surface area contributed by atoms with Crippen LogP contribution >= 0.6 is 11.8 Å². The molecule has 9 heteroatoms. The van der Waals surface area contributed by atoms with Crippen molar-refractivity contribution >= 4 is 34.7 Å². The van der Waals surface area contributed by atoms with E-state index in [9.17, 15) is 9.59 Å². The Hall–Kier alpha value is -2.23. The number of anilines is 1. The highest BCUT2D eigenvalue weighted by Crippen LogP contribution is 2.39. The van der Waals surface area contributed by atoms with E-state index < -0.39 is 5.91 Å². The smallest absolute Gasteiger partial charge is 0.290 e. The number of hydrogen-bond donors (Lipinski definition) is 3. The second-order valence-electron chi connectivity index (χ2n) is 6.23. The van der Waals surface area contributed by atoms with Gasteiger partial charge in [-0.3, -0.25) is 14.9 Å². The first-order valence-electron chi connectivity index (χ1n) is 8.65. The monoisotopic (exact) mass is 393 g/mol. The van der Waals surface area contributed by atoms with Crippen LogP contribution < -0.4 is 25.0 Å². The van der Waals surface area contributed by atoms with E-state index in [4.69, 9.17) is 14.6 Å². The third kappa shape index (κ3) is 4.37. The number of methoxy groups -OCH3 is 2. The van der Waals surface area contributed by atoms with Crippen molar-refractivity contribution < 1.29 is 24.2 Å². The Morgan fingerprint density at radius 1 is 1.33 bits per heavy atom. The first-order valence-corrected chi connectivity index (χ1v) is 9.47. The minimum atomic E-state index is -0.394. The molecule has 1 aromatic carbocycles. The molecule has 8 nitrogen and oxygen atoms in total. The molecule has 2 saturated heterocycles. The van der Waals surface area contributed by atoms with Crippen LogP contribution in [0.1, 0.15) is 12.0 Å². The second kappa shape index (κ2) is 8.64. The zero-order valence-electron chi connectivity index (χ0n) is 15.3. The number of hydrogen-bond acceptors (Lipinski definition) is 8. The molecule has 0 bridgehead atoms. The molecular weight excluding hydrogens is 370 g/mol. The number of nitrogens with zero attached hydrogens (tertiary/aromatic N) is 1. The van der Waals surface area contributed by atoms with Gasteiger partial charge in [0, 0.05) is 43.0 Å². The SMILES string of the molecule is COc1cc(C=C2SC(=O)NC2=O)c(N2CCC(NCCO)C2)cc1OC. The van der Waals surface area contributed by atoms with Crippen molar-refractivity contribution in [1.29, 1.82) is 0 Å². The summed E-state index contributed by atoms with van der Waals surface area (Å²) in [6.07, 6.45) is 2.65. The number of amides is 2. The number of imide groups is 1. The highest BCUT2D eigenvalue weighted by atomic mass is 32.2. The standard InChI is InChI=1S/C18H23N3O5S/c1-25-14-7-11(8-16-17(23)20-18(24)27-16)13(9-15(14)26-2)21-5-3-12(10-21)19-4-6-22/h7-9,12,19,22H,3-6,10H2,1-2H3,(H,20,23,24). The van der Waals surface area contributed by atoms with E-state index in [2.05, 4.69) is 15.5 Å². The summed E-state index contributed by atoms with van der Waals surface area (Å²) < 4.78 is 10.8. The predicted octanol–water partition coefficient (Wildman–Crippen LogP) is 1.19. The third-order valence-electron chi connectivity index (χ3n) is 4.54. The lowest BCUT2D eigenvalue weighted by Crippen LogP contribution is -2.34. The highest BCUT2D eigenvalue weighted by molar-refractivity contribution is 8.18. The molecule has 0 radical (unpaired) electrons. The fourth-order valence-corrected chi connectivity index (χ4v) is 3.92. The van der Waals surface area contributed by atoms with Crippen LogP contribution in [-0.4, -0.2) is 62.8 Å². The summed E-state index contributed by atoms with van der Waals surface area (Å²) in [6, 6.07) is 3.97. The number of thioether (sulfide) groups is 1. The molecular formula is C18H23N3O5S. The number of ether oxygens (including phenoxy) is 2. The van der Waals surface area contributed by atoms with Gasteiger partial charge in [-0.1, -0.05) is 0 Å². The van der Waals surface area contributed by atoms with Crippen molar-refractivity contribution in [1.82, 2.24) is 10.6 Å². The van der Waals surface area contributed by atoms with E-state index >= 15 is 0 Å². The van der Waals surface area contributed by atoms with Crippen LogP contribution in [0.25, 0.3) is 6.08 Å². The Kier molecular flexibility index (Phi) is 6.25. The fraction of sp³-hybridized carbons (Fsp3) is 0.444. The summed E-state index contributed by atoms with van der Waals surface area (Å²) in [7, 11) is 3.13. The van der Waals surface area contributed by atoms with Crippen molar-refractivity contribution in [2.45, 2.75) is 12.5 Å². The van der Waals surface area contributed by atoms with E-state index in [1.807, 2.05) is 12.1 Å². The molecule has 2 heterocycles. The summed E-state index contributed by atoms with van der Waals surface area (Å²) in [4.78, 5) is 26.0. The first kappa shape index (κ1) is 19.5. The van der Waals surface area contributed by atoms with Crippen LogP contribution in [0.2, 0.25) is 0 Å². The fourth-order valence-electron chi connectivity index (χ4n) is 3.25. The van der Waals surface area contributed by atoms with Gasteiger partial charge >= 0.3 is 0 Å². The van der Waals surface area contributed by atoms with Gasteiger partial charge in [-0.25, -0.2) is 0 Å². The molecule has 3 N–H and O–H groups in total. The maximum Gasteiger partial charge on any atom is 0.290 e. The van der Waals surface area contributed by atoms with Crippen LogP contribution in [0.3, 0.4) is 0 Å². The van der Waals surface area contributed by atoms with Gasteiger partial charge in [-0.05, 0) is 30.3 Å². The van der Waals surface area contributed by atoms with Gasteiger partial charge in [-0.2, -0.15) is 0 Å². The zero-order valence-corrected chi connectivity index (χ0v) is 16.1. The zero-order chi connectivity index (χ0) is 19.4. The first-order chi connectivity index (χ1) is 13.0. The number of nitrogens with one attached hydrogen (secondary N) is 2. The molecule has 1 unspecified atom stereocenters. The molecule has 1 atom stereocenters. The van der Waals surface area contributed by atoms with E-state index in [0.29, 0.717) is 22.9 Å². The maximum absolute atomic E-state index is 11.9. The largest absolute Gasteiger partial charge is 0.493 e. The lowest BCUT2D eigenvalue weighted by Gasteiger charge is -2.23. The minimum absolute atomic E-state index is 0.102. The molecule has 27 heavy (non-hydrogen) atoms. The topological polar surface area (TPSA) is 100 Å². The predicted molar refractivity (Wildman–Crippen MR) is 104 cm³/mol. The van der Waals surface area contributed by atoms with Crippen LogP contribution in [0.4, 0.5) is 10.5 Å². The summed E-state index contributed by atoms with van der Waals surface area (Å²) in [5, 5.41) is 14.2. The second-order valence-corrected chi connectivity index (χ2v) is 7.24. The molecule has 2 aliphatic heterocycles. The molecule has 2 amide bonds. The molecule has 1 aromatic rings. The molecule has 2 aliphatic rings. The number of carbonyl (C=O) groups is 2. The van der Waals surface area contributed by atoms with Gasteiger partial charge in [0.2, 0.25) is 0 Å². The van der Waals surface area contributed by atoms with Crippen molar-refractivity contribution in [3.8, 4) is 11.5 Å². The van der Waals surface area contributed by atoms with Crippen molar-refractivity contribution in [2.24, 2.45) is 0 Å². The van der Waals surface area contributed by atoms with Gasteiger partial charge in [0.25, 0.3) is 11.1 Å². The van der Waals surface area contributed by atoms with E-state index in [0.717, 1.165) is 42.5 Å². The summed E-state index contributed by atoms with van der Waals surface area (Å²) >= 11 is 0.886. The summed E-state index contributed by atoms with van der Waals surface area (Å²) in [5.74, 6) is 0.757. The van der Waals surface area contributed by atoms with Crippen molar-refractivity contribution in [2.75, 3.05) is 45.4 Å². The van der Waals surface area contributed by atoms with Gasteiger partial charge in [0.15, 0.2) is 11.5 Å². The Labute approximate surface area is 161 Å². The van der Waals surface area contributed by atoms with E-state index in [1.165, 1.54) is 0 Å². The molecule has 146 valence electrons. The minimum Gasteiger partial charge on any atom is -0.493 e. The maximum atomic E-state index is 11.9. The Morgan fingerprint density at radius 2 is 2.07 bits per heavy atom.